The smallest absolute Gasteiger partial charge is 0.315 e. The maximum Gasteiger partial charge on any atom is 0.315 e. The molecule has 1 aliphatic heterocycles. The average molecular weight is 376 g/mol. The molecule has 1 aliphatic rings. The van der Waals surface area contributed by atoms with Gasteiger partial charge in [0.1, 0.15) is 11.6 Å². The Bertz CT molecular complexity index is 733. The third-order valence-electron chi connectivity index (χ3n) is 4.30. The molecule has 0 aliphatic carbocycles. The summed E-state index contributed by atoms with van der Waals surface area (Å²) in [4.78, 5) is 24.7. The molecular weight excluding hydrogens is 354 g/mol. The van der Waals surface area contributed by atoms with Crippen molar-refractivity contribution in [2.24, 2.45) is 0 Å². The van der Waals surface area contributed by atoms with E-state index in [4.69, 9.17) is 0 Å². The molecule has 1 aromatic heterocycles. The van der Waals surface area contributed by atoms with E-state index >= 15 is 0 Å². The number of amides is 2. The van der Waals surface area contributed by atoms with Crippen molar-refractivity contribution >= 4 is 12.0 Å². The number of halogens is 2. The first-order valence-corrected chi connectivity index (χ1v) is 8.81. The van der Waals surface area contributed by atoms with Gasteiger partial charge in [-0.2, -0.15) is 0 Å². The number of rotatable bonds is 6. The molecule has 1 saturated heterocycles. The Hall–Kier alpha value is -2.81. The monoisotopic (exact) mass is 376 g/mol. The lowest BCUT2D eigenvalue weighted by molar-refractivity contribution is 0.231. The lowest BCUT2D eigenvalue weighted by atomic mass is 10.2. The standard InChI is InChI=1S/C18H22F2N6O/c19-15-10-14(11-16(20)12-15)13-24-18(27)23-4-5-25-6-8-26(9-7-25)17-21-2-1-3-22-17/h1-3,10-12H,4-9,13H2,(H2,23,24,27). The maximum atomic E-state index is 13.1. The van der Waals surface area contributed by atoms with Crippen molar-refractivity contribution in [2.75, 3.05) is 44.2 Å². The van der Waals surface area contributed by atoms with E-state index in [2.05, 4.69) is 30.4 Å². The maximum absolute atomic E-state index is 13.1. The first kappa shape index (κ1) is 19.0. The van der Waals surface area contributed by atoms with Crippen molar-refractivity contribution in [1.82, 2.24) is 25.5 Å². The van der Waals surface area contributed by atoms with Crippen LogP contribution in [0, 0.1) is 11.6 Å². The summed E-state index contributed by atoms with van der Waals surface area (Å²) in [5.41, 5.74) is 0.377. The lowest BCUT2D eigenvalue weighted by Gasteiger charge is -2.34. The van der Waals surface area contributed by atoms with E-state index in [-0.39, 0.29) is 12.6 Å². The second-order valence-electron chi connectivity index (χ2n) is 6.26. The minimum atomic E-state index is -0.660. The highest BCUT2D eigenvalue weighted by Crippen LogP contribution is 2.09. The Morgan fingerprint density at radius 3 is 2.33 bits per heavy atom. The number of nitrogens with zero attached hydrogens (tertiary/aromatic N) is 4. The molecule has 2 aromatic rings. The summed E-state index contributed by atoms with van der Waals surface area (Å²) in [5.74, 6) is -0.581. The number of urea groups is 1. The summed E-state index contributed by atoms with van der Waals surface area (Å²) < 4.78 is 26.2. The van der Waals surface area contributed by atoms with E-state index in [0.717, 1.165) is 44.7 Å². The van der Waals surface area contributed by atoms with E-state index in [1.807, 2.05) is 0 Å². The van der Waals surface area contributed by atoms with Gasteiger partial charge in [0.15, 0.2) is 0 Å². The topological polar surface area (TPSA) is 73.4 Å². The largest absolute Gasteiger partial charge is 0.338 e. The fourth-order valence-corrected chi connectivity index (χ4v) is 2.91. The Morgan fingerprint density at radius 2 is 1.67 bits per heavy atom. The number of hydrogen-bond donors (Lipinski definition) is 2. The third kappa shape index (κ3) is 5.85. The molecule has 9 heteroatoms. The predicted octanol–water partition coefficient (Wildman–Crippen LogP) is 1.38. The fourth-order valence-electron chi connectivity index (χ4n) is 2.91. The molecule has 144 valence electrons. The summed E-state index contributed by atoms with van der Waals surface area (Å²) in [7, 11) is 0. The van der Waals surface area contributed by atoms with Crippen LogP contribution in [0.15, 0.2) is 36.7 Å². The highest BCUT2D eigenvalue weighted by atomic mass is 19.1. The summed E-state index contributed by atoms with van der Waals surface area (Å²) in [6.45, 7) is 4.68. The van der Waals surface area contributed by atoms with Gasteiger partial charge in [-0.15, -0.1) is 0 Å². The van der Waals surface area contributed by atoms with Gasteiger partial charge in [-0.1, -0.05) is 0 Å². The molecule has 2 heterocycles. The van der Waals surface area contributed by atoms with Gasteiger partial charge >= 0.3 is 6.03 Å². The lowest BCUT2D eigenvalue weighted by Crippen LogP contribution is -2.49. The molecule has 0 unspecified atom stereocenters. The van der Waals surface area contributed by atoms with Crippen LogP contribution in [0.3, 0.4) is 0 Å². The summed E-state index contributed by atoms with van der Waals surface area (Å²) >= 11 is 0. The molecule has 0 spiro atoms. The minimum Gasteiger partial charge on any atom is -0.338 e. The molecule has 0 radical (unpaired) electrons. The van der Waals surface area contributed by atoms with Crippen molar-refractivity contribution < 1.29 is 13.6 Å². The zero-order valence-corrected chi connectivity index (χ0v) is 14.9. The summed E-state index contributed by atoms with van der Waals surface area (Å²) in [5, 5.41) is 5.35. The van der Waals surface area contributed by atoms with Crippen LogP contribution < -0.4 is 15.5 Å². The van der Waals surface area contributed by atoms with Gasteiger partial charge < -0.3 is 15.5 Å². The van der Waals surface area contributed by atoms with Crippen LogP contribution in [0.2, 0.25) is 0 Å². The number of benzene rings is 1. The van der Waals surface area contributed by atoms with E-state index in [0.29, 0.717) is 12.1 Å². The third-order valence-corrected chi connectivity index (χ3v) is 4.30. The summed E-state index contributed by atoms with van der Waals surface area (Å²) in [6.07, 6.45) is 3.46. The van der Waals surface area contributed by atoms with Crippen LogP contribution >= 0.6 is 0 Å². The van der Waals surface area contributed by atoms with Gasteiger partial charge in [0.05, 0.1) is 0 Å². The van der Waals surface area contributed by atoms with E-state index < -0.39 is 11.6 Å². The SMILES string of the molecule is O=C(NCCN1CCN(c2ncccn2)CC1)NCc1cc(F)cc(F)c1. The quantitative estimate of drug-likeness (QED) is 0.797. The highest BCUT2D eigenvalue weighted by Gasteiger charge is 2.18. The number of nitrogens with one attached hydrogen (secondary N) is 2. The van der Waals surface area contributed by atoms with Crippen LogP contribution in [0.1, 0.15) is 5.56 Å². The molecule has 2 amide bonds. The Morgan fingerprint density at radius 1 is 1.00 bits per heavy atom. The number of carbonyl (C=O) groups excluding carboxylic acids is 1. The van der Waals surface area contributed by atoms with Crippen molar-refractivity contribution in [2.45, 2.75) is 6.54 Å². The molecular formula is C18H22F2N6O. The van der Waals surface area contributed by atoms with Gasteiger partial charge in [0.25, 0.3) is 0 Å². The van der Waals surface area contributed by atoms with Crippen molar-refractivity contribution in [3.63, 3.8) is 0 Å². The molecule has 3 rings (SSSR count). The van der Waals surface area contributed by atoms with E-state index in [1.165, 1.54) is 12.1 Å². The van der Waals surface area contributed by atoms with Crippen LogP contribution in [0.25, 0.3) is 0 Å². The van der Waals surface area contributed by atoms with Gasteiger partial charge in [0.2, 0.25) is 5.95 Å². The highest BCUT2D eigenvalue weighted by molar-refractivity contribution is 5.73. The number of hydrogen-bond acceptors (Lipinski definition) is 5. The van der Waals surface area contributed by atoms with Crippen LogP contribution in [0.4, 0.5) is 19.5 Å². The van der Waals surface area contributed by atoms with E-state index in [9.17, 15) is 13.6 Å². The number of carbonyl (C=O) groups is 1. The Kier molecular flexibility index (Phi) is 6.48. The van der Waals surface area contributed by atoms with Crippen molar-refractivity contribution in [3.8, 4) is 0 Å². The van der Waals surface area contributed by atoms with Crippen LogP contribution in [-0.4, -0.2) is 60.2 Å². The molecule has 1 aromatic carbocycles. The summed E-state index contributed by atoms with van der Waals surface area (Å²) in [6, 6.07) is 4.61. The predicted molar refractivity (Wildman–Crippen MR) is 97.3 cm³/mol. The van der Waals surface area contributed by atoms with Crippen molar-refractivity contribution in [3.05, 3.63) is 53.9 Å². The Labute approximate surface area is 156 Å². The van der Waals surface area contributed by atoms with Crippen LogP contribution in [0.5, 0.6) is 0 Å². The van der Waals surface area contributed by atoms with Gasteiger partial charge in [-0.25, -0.2) is 23.5 Å². The number of aromatic nitrogens is 2. The van der Waals surface area contributed by atoms with Crippen molar-refractivity contribution in [1.29, 1.82) is 0 Å². The van der Waals surface area contributed by atoms with Gasteiger partial charge in [-0.05, 0) is 23.8 Å². The van der Waals surface area contributed by atoms with Gasteiger partial charge in [-0.3, -0.25) is 4.90 Å². The number of piperazine rings is 1. The van der Waals surface area contributed by atoms with Gasteiger partial charge in [0, 0.05) is 64.3 Å². The second-order valence-corrected chi connectivity index (χ2v) is 6.26. The number of anilines is 1. The molecule has 1 fully saturated rings. The first-order chi connectivity index (χ1) is 13.1. The zero-order chi connectivity index (χ0) is 19.1. The minimum absolute atomic E-state index is 0.0657. The van der Waals surface area contributed by atoms with E-state index in [1.54, 1.807) is 18.5 Å². The molecule has 0 atom stereocenters. The molecule has 0 saturated carbocycles. The first-order valence-electron chi connectivity index (χ1n) is 8.81. The zero-order valence-electron chi connectivity index (χ0n) is 14.9. The molecule has 27 heavy (non-hydrogen) atoms. The fraction of sp³-hybridized carbons (Fsp3) is 0.389. The normalized spacial score (nSPS) is 14.8. The molecule has 2 N–H and O–H groups in total. The van der Waals surface area contributed by atoms with Crippen LogP contribution in [-0.2, 0) is 6.54 Å². The Balaban J connectivity index is 1.32. The average Bonchev–Trinajstić information content (AvgIpc) is 2.67. The molecule has 0 bridgehead atoms. The molecule has 7 nitrogen and oxygen atoms in total. The second kappa shape index (κ2) is 9.22.